The number of benzene rings is 1. The third-order valence-electron chi connectivity index (χ3n) is 2.91. The molecule has 0 radical (unpaired) electrons. The fourth-order valence-corrected chi connectivity index (χ4v) is 2.36. The molecule has 1 unspecified atom stereocenters. The fourth-order valence-electron chi connectivity index (χ4n) is 1.84. The molecule has 1 rings (SSSR count). The first-order valence-corrected chi connectivity index (χ1v) is 6.85. The molecule has 0 aliphatic carbocycles. The van der Waals surface area contributed by atoms with Gasteiger partial charge in [-0.1, -0.05) is 54.4 Å². The number of hydrazine groups is 1. The fraction of sp³-hybridized carbons (Fsp3) is 0.571. The number of hydrogen-bond donors (Lipinski definition) is 2. The molecule has 17 heavy (non-hydrogen) atoms. The average Bonchev–Trinajstić information content (AvgIpc) is 2.22. The Labute approximate surface area is 113 Å². The molecule has 0 aliphatic rings. The maximum absolute atomic E-state index is 5.68. The highest BCUT2D eigenvalue weighted by Crippen LogP contribution is 2.31. The summed E-state index contributed by atoms with van der Waals surface area (Å²) in [5, 5.41) is 0. The van der Waals surface area contributed by atoms with Crippen LogP contribution in [0.2, 0.25) is 0 Å². The van der Waals surface area contributed by atoms with E-state index in [0.29, 0.717) is 5.41 Å². The van der Waals surface area contributed by atoms with Crippen molar-refractivity contribution in [3.05, 3.63) is 33.8 Å². The average molecular weight is 299 g/mol. The van der Waals surface area contributed by atoms with Crippen LogP contribution in [0.4, 0.5) is 0 Å². The van der Waals surface area contributed by atoms with Gasteiger partial charge < -0.3 is 0 Å². The van der Waals surface area contributed by atoms with E-state index < -0.39 is 0 Å². The lowest BCUT2D eigenvalue weighted by Gasteiger charge is -2.24. The van der Waals surface area contributed by atoms with E-state index in [2.05, 4.69) is 67.2 Å². The van der Waals surface area contributed by atoms with Crippen LogP contribution in [0.3, 0.4) is 0 Å². The van der Waals surface area contributed by atoms with E-state index in [9.17, 15) is 0 Å². The molecule has 0 amide bonds. The Balaban J connectivity index is 2.82. The van der Waals surface area contributed by atoms with Gasteiger partial charge in [0.25, 0.3) is 0 Å². The van der Waals surface area contributed by atoms with Crippen LogP contribution in [0.15, 0.2) is 22.7 Å². The monoisotopic (exact) mass is 298 g/mol. The molecule has 0 saturated heterocycles. The third-order valence-corrected chi connectivity index (χ3v) is 3.63. The van der Waals surface area contributed by atoms with Crippen molar-refractivity contribution in [2.75, 3.05) is 0 Å². The Kier molecular flexibility index (Phi) is 5.17. The topological polar surface area (TPSA) is 38.0 Å². The second-order valence-corrected chi connectivity index (χ2v) is 6.70. The smallest absolute Gasteiger partial charge is 0.0471 e. The van der Waals surface area contributed by atoms with Gasteiger partial charge in [-0.15, -0.1) is 0 Å². The van der Waals surface area contributed by atoms with Crippen molar-refractivity contribution in [2.24, 2.45) is 11.3 Å². The van der Waals surface area contributed by atoms with Crippen LogP contribution in [-0.2, 0) is 0 Å². The molecule has 0 spiro atoms. The van der Waals surface area contributed by atoms with E-state index in [0.717, 1.165) is 17.3 Å². The Morgan fingerprint density at radius 1 is 1.35 bits per heavy atom. The van der Waals surface area contributed by atoms with Crippen molar-refractivity contribution in [2.45, 2.75) is 46.6 Å². The Morgan fingerprint density at radius 2 is 2.00 bits per heavy atom. The molecule has 2 nitrogen and oxygen atoms in total. The van der Waals surface area contributed by atoms with Gasteiger partial charge in [-0.2, -0.15) is 0 Å². The van der Waals surface area contributed by atoms with E-state index >= 15 is 0 Å². The number of aryl methyl sites for hydroxylation is 1. The number of rotatable bonds is 4. The summed E-state index contributed by atoms with van der Waals surface area (Å²) in [6.45, 7) is 8.87. The third kappa shape index (κ3) is 4.78. The van der Waals surface area contributed by atoms with Gasteiger partial charge in [0.15, 0.2) is 0 Å². The number of hydrogen-bond acceptors (Lipinski definition) is 2. The van der Waals surface area contributed by atoms with Gasteiger partial charge in [0.05, 0.1) is 0 Å². The summed E-state index contributed by atoms with van der Waals surface area (Å²) in [7, 11) is 0. The van der Waals surface area contributed by atoms with Crippen molar-refractivity contribution in [1.29, 1.82) is 0 Å². The van der Waals surface area contributed by atoms with Crippen molar-refractivity contribution in [3.63, 3.8) is 0 Å². The summed E-state index contributed by atoms with van der Waals surface area (Å²) in [5.41, 5.74) is 5.78. The van der Waals surface area contributed by atoms with Crippen molar-refractivity contribution >= 4 is 15.9 Å². The lowest BCUT2D eigenvalue weighted by molar-refractivity contribution is 0.333. The van der Waals surface area contributed by atoms with Gasteiger partial charge in [0, 0.05) is 10.5 Å². The molecule has 0 aliphatic heterocycles. The first-order valence-electron chi connectivity index (χ1n) is 6.05. The molecule has 1 aromatic rings. The predicted octanol–water partition coefficient (Wildman–Crippen LogP) is 4.09. The summed E-state index contributed by atoms with van der Waals surface area (Å²) in [4.78, 5) is 0. The summed E-state index contributed by atoms with van der Waals surface area (Å²) >= 11 is 3.60. The van der Waals surface area contributed by atoms with Crippen LogP contribution in [0.25, 0.3) is 0 Å². The molecule has 1 aromatic carbocycles. The van der Waals surface area contributed by atoms with Gasteiger partial charge in [0.1, 0.15) is 0 Å². The van der Waals surface area contributed by atoms with Gasteiger partial charge in [-0.25, -0.2) is 0 Å². The molecular formula is C14H23BrN2. The van der Waals surface area contributed by atoms with Crippen molar-refractivity contribution < 1.29 is 0 Å². The first-order chi connectivity index (χ1) is 7.83. The molecule has 96 valence electrons. The van der Waals surface area contributed by atoms with Crippen LogP contribution in [0.5, 0.6) is 0 Å². The molecule has 0 saturated carbocycles. The number of nitrogens with one attached hydrogen (secondary N) is 1. The van der Waals surface area contributed by atoms with E-state index in [1.807, 2.05) is 0 Å². The van der Waals surface area contributed by atoms with Gasteiger partial charge in [0.2, 0.25) is 0 Å². The van der Waals surface area contributed by atoms with E-state index in [4.69, 9.17) is 5.84 Å². The zero-order valence-electron chi connectivity index (χ0n) is 11.2. The van der Waals surface area contributed by atoms with Crippen molar-refractivity contribution in [3.8, 4) is 0 Å². The van der Waals surface area contributed by atoms with E-state index in [1.54, 1.807) is 0 Å². The summed E-state index contributed by atoms with van der Waals surface area (Å²) in [5.74, 6) is 5.68. The second kappa shape index (κ2) is 5.98. The summed E-state index contributed by atoms with van der Waals surface area (Å²) < 4.78 is 1.12. The van der Waals surface area contributed by atoms with Gasteiger partial charge >= 0.3 is 0 Å². The molecular weight excluding hydrogens is 276 g/mol. The van der Waals surface area contributed by atoms with Crippen LogP contribution < -0.4 is 11.3 Å². The lowest BCUT2D eigenvalue weighted by atomic mass is 9.87. The highest BCUT2D eigenvalue weighted by Gasteiger charge is 2.17. The Morgan fingerprint density at radius 3 is 2.53 bits per heavy atom. The molecule has 1 atom stereocenters. The Bertz CT molecular complexity index is 369. The van der Waals surface area contributed by atoms with E-state index in [1.165, 1.54) is 11.1 Å². The second-order valence-electron chi connectivity index (χ2n) is 5.84. The van der Waals surface area contributed by atoms with Crippen molar-refractivity contribution in [1.82, 2.24) is 5.43 Å². The standard InChI is InChI=1S/C14H23BrN2/c1-10-5-6-12(15)11(9-10)13(17-16)7-8-14(2,3)4/h5-6,9,13,17H,7-8,16H2,1-4H3. The van der Waals surface area contributed by atoms with Gasteiger partial charge in [-0.05, 0) is 36.8 Å². The van der Waals surface area contributed by atoms with Crippen LogP contribution >= 0.6 is 15.9 Å². The largest absolute Gasteiger partial charge is 0.271 e. The molecule has 0 heterocycles. The minimum Gasteiger partial charge on any atom is -0.271 e. The maximum atomic E-state index is 5.68. The highest BCUT2D eigenvalue weighted by molar-refractivity contribution is 9.10. The summed E-state index contributed by atoms with van der Waals surface area (Å²) in [6, 6.07) is 6.59. The normalized spacial score (nSPS) is 13.8. The molecule has 0 aromatic heterocycles. The lowest BCUT2D eigenvalue weighted by Crippen LogP contribution is -2.29. The molecule has 0 bridgehead atoms. The van der Waals surface area contributed by atoms with Crippen LogP contribution in [-0.4, -0.2) is 0 Å². The zero-order chi connectivity index (χ0) is 13.1. The van der Waals surface area contributed by atoms with E-state index in [-0.39, 0.29) is 6.04 Å². The SMILES string of the molecule is Cc1ccc(Br)c(C(CCC(C)(C)C)NN)c1. The minimum atomic E-state index is 0.212. The summed E-state index contributed by atoms with van der Waals surface area (Å²) in [6.07, 6.45) is 2.18. The quantitative estimate of drug-likeness (QED) is 0.649. The number of nitrogens with two attached hydrogens (primary N) is 1. The van der Waals surface area contributed by atoms with Gasteiger partial charge in [-0.3, -0.25) is 11.3 Å². The maximum Gasteiger partial charge on any atom is 0.0471 e. The Hall–Kier alpha value is -0.380. The molecule has 3 heteroatoms. The minimum absolute atomic E-state index is 0.212. The van der Waals surface area contributed by atoms with Crippen LogP contribution in [0, 0.1) is 12.3 Å². The predicted molar refractivity (Wildman–Crippen MR) is 77.6 cm³/mol. The molecule has 0 fully saturated rings. The number of halogens is 1. The molecule has 3 N–H and O–H groups in total. The zero-order valence-corrected chi connectivity index (χ0v) is 12.8. The highest BCUT2D eigenvalue weighted by atomic mass is 79.9. The van der Waals surface area contributed by atoms with Crippen LogP contribution in [0.1, 0.15) is 50.8 Å². The first kappa shape index (κ1) is 14.7.